The van der Waals surface area contributed by atoms with Crippen molar-refractivity contribution in [3.8, 4) is 11.8 Å². The minimum atomic E-state index is -0.552. The van der Waals surface area contributed by atoms with Gasteiger partial charge >= 0.3 is 5.97 Å². The van der Waals surface area contributed by atoms with Gasteiger partial charge in [0.1, 0.15) is 22.5 Å². The van der Waals surface area contributed by atoms with Crippen molar-refractivity contribution in [3.05, 3.63) is 50.2 Å². The smallest absolute Gasteiger partial charge is 0.338 e. The van der Waals surface area contributed by atoms with Crippen LogP contribution in [0.25, 0.3) is 0 Å². The number of nitriles is 1. The molecule has 0 aliphatic carbocycles. The Labute approximate surface area is 188 Å². The Balaban J connectivity index is 2.21. The third kappa shape index (κ3) is 4.07. The second-order valence-electron chi connectivity index (χ2n) is 6.55. The van der Waals surface area contributed by atoms with Crippen LogP contribution in [0.2, 0.25) is 0 Å². The number of amidine groups is 1. The summed E-state index contributed by atoms with van der Waals surface area (Å²) in [5.41, 5.74) is 8.24. The number of carbonyl (C=O) groups is 1. The highest BCUT2D eigenvalue weighted by atomic mass is 79.9. The molecule has 2 aliphatic rings. The Hall–Kier alpha value is -2.44. The van der Waals surface area contributed by atoms with Gasteiger partial charge in [-0.25, -0.2) is 9.79 Å². The second-order valence-corrected chi connectivity index (χ2v) is 8.38. The molecule has 9 heteroatoms. The summed E-state index contributed by atoms with van der Waals surface area (Å²) in [5.74, 6) is 0.564. The van der Waals surface area contributed by atoms with Crippen molar-refractivity contribution < 1.29 is 14.3 Å². The van der Waals surface area contributed by atoms with E-state index in [1.165, 1.54) is 11.8 Å². The standard InChI is InChI=1S/C21H23BrN4O3S/c1-4-7-14-17(20(27)29-6-3)18(12-8-9-15(28-5-2)13(22)10-12)26-19(24)16(11-23)30-21(26)25-14/h8-10,18H,4-7,24H2,1-3H3/t18-/m1/s1. The number of carbonyl (C=O) groups excluding carboxylic acids is 1. The van der Waals surface area contributed by atoms with Crippen LogP contribution in [0.1, 0.15) is 45.2 Å². The number of allylic oxidation sites excluding steroid dienone is 2. The van der Waals surface area contributed by atoms with Crippen molar-refractivity contribution >= 4 is 38.8 Å². The van der Waals surface area contributed by atoms with Crippen LogP contribution >= 0.6 is 27.7 Å². The van der Waals surface area contributed by atoms with Crippen LogP contribution in [-0.4, -0.2) is 29.3 Å². The average molecular weight is 491 g/mol. The first kappa shape index (κ1) is 22.2. The SMILES string of the molecule is CCCC1=C(C(=O)OCC)[C@@H](c2ccc(OCC)c(Br)c2)N2C(=N1)SC(C#N)=C2N. The zero-order valence-electron chi connectivity index (χ0n) is 17.1. The Morgan fingerprint density at radius 2 is 2.13 bits per heavy atom. The number of hydrogen-bond donors (Lipinski definition) is 1. The van der Waals surface area contributed by atoms with E-state index in [2.05, 4.69) is 27.0 Å². The molecule has 0 unspecified atom stereocenters. The van der Waals surface area contributed by atoms with Crippen molar-refractivity contribution in [1.29, 1.82) is 5.26 Å². The van der Waals surface area contributed by atoms with Crippen LogP contribution in [0.5, 0.6) is 5.75 Å². The van der Waals surface area contributed by atoms with E-state index in [1.54, 1.807) is 11.8 Å². The predicted molar refractivity (Wildman–Crippen MR) is 120 cm³/mol. The number of nitrogens with zero attached hydrogens (tertiary/aromatic N) is 3. The molecule has 2 N–H and O–H groups in total. The Morgan fingerprint density at radius 3 is 2.73 bits per heavy atom. The lowest BCUT2D eigenvalue weighted by Crippen LogP contribution is -2.39. The predicted octanol–water partition coefficient (Wildman–Crippen LogP) is 4.58. The molecule has 30 heavy (non-hydrogen) atoms. The molecule has 2 heterocycles. The molecule has 0 aromatic heterocycles. The fourth-order valence-electron chi connectivity index (χ4n) is 3.42. The summed E-state index contributed by atoms with van der Waals surface area (Å²) < 4.78 is 11.8. The van der Waals surface area contributed by atoms with E-state index in [4.69, 9.17) is 15.2 Å². The van der Waals surface area contributed by atoms with Gasteiger partial charge in [0.05, 0.1) is 35.0 Å². The van der Waals surface area contributed by atoms with Gasteiger partial charge in [0.15, 0.2) is 5.17 Å². The summed E-state index contributed by atoms with van der Waals surface area (Å²) in [7, 11) is 0. The van der Waals surface area contributed by atoms with E-state index >= 15 is 0 Å². The summed E-state index contributed by atoms with van der Waals surface area (Å²) >= 11 is 4.77. The molecule has 2 aliphatic heterocycles. The zero-order valence-corrected chi connectivity index (χ0v) is 19.5. The fraction of sp³-hybridized carbons (Fsp3) is 0.381. The maximum Gasteiger partial charge on any atom is 0.338 e. The largest absolute Gasteiger partial charge is 0.493 e. The number of nitrogens with two attached hydrogens (primary N) is 1. The van der Waals surface area contributed by atoms with Gasteiger partial charge in [-0.05, 0) is 65.7 Å². The highest BCUT2D eigenvalue weighted by Gasteiger charge is 2.43. The second kappa shape index (κ2) is 9.58. The number of hydrogen-bond acceptors (Lipinski definition) is 8. The van der Waals surface area contributed by atoms with Gasteiger partial charge in [-0.1, -0.05) is 19.4 Å². The number of aliphatic imine (C=N–C) groups is 1. The van der Waals surface area contributed by atoms with Crippen LogP contribution in [0.3, 0.4) is 0 Å². The van der Waals surface area contributed by atoms with Gasteiger partial charge in [0.2, 0.25) is 0 Å². The molecule has 0 spiro atoms. The molecule has 0 fully saturated rings. The number of thioether (sulfide) groups is 1. The Kier molecular flexibility index (Phi) is 7.10. The monoisotopic (exact) mass is 490 g/mol. The van der Waals surface area contributed by atoms with E-state index in [1.807, 2.05) is 32.0 Å². The van der Waals surface area contributed by atoms with Gasteiger partial charge in [-0.2, -0.15) is 5.26 Å². The van der Waals surface area contributed by atoms with Crippen LogP contribution in [0.15, 0.2) is 49.7 Å². The minimum Gasteiger partial charge on any atom is -0.493 e. The molecule has 1 atom stereocenters. The van der Waals surface area contributed by atoms with Crippen molar-refractivity contribution in [2.75, 3.05) is 13.2 Å². The van der Waals surface area contributed by atoms with Crippen molar-refractivity contribution in [3.63, 3.8) is 0 Å². The number of ether oxygens (including phenoxy) is 2. The summed E-state index contributed by atoms with van der Waals surface area (Å²) in [6.45, 7) is 6.50. The van der Waals surface area contributed by atoms with Crippen molar-refractivity contribution in [2.45, 2.75) is 39.7 Å². The molecule has 0 radical (unpaired) electrons. The van der Waals surface area contributed by atoms with Gasteiger partial charge in [0.25, 0.3) is 0 Å². The number of halogens is 1. The minimum absolute atomic E-state index is 0.252. The van der Waals surface area contributed by atoms with Crippen molar-refractivity contribution in [1.82, 2.24) is 4.90 Å². The third-order valence-corrected chi connectivity index (χ3v) is 6.21. The Morgan fingerprint density at radius 1 is 1.37 bits per heavy atom. The summed E-state index contributed by atoms with van der Waals surface area (Å²) in [6.07, 6.45) is 1.43. The number of rotatable bonds is 7. The van der Waals surface area contributed by atoms with E-state index in [9.17, 15) is 10.1 Å². The van der Waals surface area contributed by atoms with Gasteiger partial charge in [-0.3, -0.25) is 4.90 Å². The lowest BCUT2D eigenvalue weighted by atomic mass is 9.93. The molecule has 0 bridgehead atoms. The summed E-state index contributed by atoms with van der Waals surface area (Å²) in [6, 6.07) is 7.23. The van der Waals surface area contributed by atoms with Gasteiger partial charge in [0, 0.05) is 0 Å². The lowest BCUT2D eigenvalue weighted by Gasteiger charge is -2.35. The quantitative estimate of drug-likeness (QED) is 0.558. The van der Waals surface area contributed by atoms with Crippen LogP contribution in [-0.2, 0) is 9.53 Å². The van der Waals surface area contributed by atoms with Crippen LogP contribution < -0.4 is 10.5 Å². The number of esters is 1. The van der Waals surface area contributed by atoms with Crippen molar-refractivity contribution in [2.24, 2.45) is 10.7 Å². The van der Waals surface area contributed by atoms with E-state index in [0.717, 1.165) is 16.5 Å². The molecule has 0 saturated carbocycles. The highest BCUT2D eigenvalue weighted by Crippen LogP contribution is 2.47. The third-order valence-electron chi connectivity index (χ3n) is 4.62. The zero-order chi connectivity index (χ0) is 21.8. The van der Waals surface area contributed by atoms with Gasteiger partial charge in [-0.15, -0.1) is 0 Å². The maximum absolute atomic E-state index is 13.0. The molecule has 3 rings (SSSR count). The number of benzene rings is 1. The summed E-state index contributed by atoms with van der Waals surface area (Å²) in [5, 5.41) is 10.1. The first-order chi connectivity index (χ1) is 14.5. The molecule has 7 nitrogen and oxygen atoms in total. The van der Waals surface area contributed by atoms with Crippen LogP contribution in [0, 0.1) is 11.3 Å². The highest BCUT2D eigenvalue weighted by molar-refractivity contribution is 9.10. The van der Waals surface area contributed by atoms with Gasteiger partial charge < -0.3 is 15.2 Å². The number of fused-ring (bicyclic) bond motifs is 1. The normalized spacial score (nSPS) is 18.2. The van der Waals surface area contributed by atoms with E-state index in [-0.39, 0.29) is 12.4 Å². The molecule has 0 saturated heterocycles. The molecule has 1 aromatic carbocycles. The van der Waals surface area contributed by atoms with E-state index in [0.29, 0.717) is 40.1 Å². The molecule has 1 aromatic rings. The van der Waals surface area contributed by atoms with Crippen LogP contribution in [0.4, 0.5) is 0 Å². The molecule has 158 valence electrons. The fourth-order valence-corrected chi connectivity index (χ4v) is 4.82. The average Bonchev–Trinajstić information content (AvgIpc) is 3.04. The first-order valence-electron chi connectivity index (χ1n) is 9.74. The molecular formula is C21H23BrN4O3S. The summed E-state index contributed by atoms with van der Waals surface area (Å²) in [4.78, 5) is 19.8. The Bertz CT molecular complexity index is 996. The van der Waals surface area contributed by atoms with E-state index < -0.39 is 12.0 Å². The molecular weight excluding hydrogens is 468 g/mol. The molecule has 0 amide bonds. The lowest BCUT2D eigenvalue weighted by molar-refractivity contribution is -0.139. The topological polar surface area (TPSA) is 101 Å². The first-order valence-corrected chi connectivity index (χ1v) is 11.4. The maximum atomic E-state index is 13.0.